The van der Waals surface area contributed by atoms with Crippen LogP contribution in [0.1, 0.15) is 33.7 Å². The molecular weight excluding hydrogens is 393 g/mol. The van der Waals surface area contributed by atoms with E-state index >= 15 is 0 Å². The van der Waals surface area contributed by atoms with Crippen LogP contribution >= 0.6 is 0 Å². The highest BCUT2D eigenvalue weighted by Gasteiger charge is 2.27. The molecule has 9 nitrogen and oxygen atoms in total. The number of hydrogen-bond donors (Lipinski definition) is 3. The van der Waals surface area contributed by atoms with Crippen molar-refractivity contribution < 1.29 is 32.2 Å². The van der Waals surface area contributed by atoms with Crippen LogP contribution in [-0.2, 0) is 10.0 Å². The van der Waals surface area contributed by atoms with Gasteiger partial charge in [-0.25, -0.2) is 17.6 Å². The maximum atomic E-state index is 14.2. The lowest BCUT2D eigenvalue weighted by atomic mass is 10.1. The van der Waals surface area contributed by atoms with Crippen LogP contribution < -0.4 is 9.46 Å². The second-order valence-corrected chi connectivity index (χ2v) is 7.84. The molecule has 0 aliphatic carbocycles. The quantitative estimate of drug-likeness (QED) is 0.666. The summed E-state index contributed by atoms with van der Waals surface area (Å²) in [4.78, 5) is 27.7. The molecule has 0 bridgehead atoms. The summed E-state index contributed by atoms with van der Waals surface area (Å²) in [6, 6.07) is 3.10. The van der Waals surface area contributed by atoms with E-state index in [1.165, 1.54) is 7.11 Å². The van der Waals surface area contributed by atoms with Gasteiger partial charge in [0.05, 0.1) is 7.11 Å². The second kappa shape index (κ2) is 7.50. The zero-order chi connectivity index (χ0) is 20.5. The molecule has 2 aromatic rings. The first-order chi connectivity index (χ1) is 13.2. The molecule has 1 aromatic carbocycles. The lowest BCUT2D eigenvalue weighted by Gasteiger charge is -2.14. The molecule has 0 saturated carbocycles. The summed E-state index contributed by atoms with van der Waals surface area (Å²) in [6.07, 6.45) is 2.85. The fourth-order valence-electron chi connectivity index (χ4n) is 2.98. The predicted octanol–water partition coefficient (Wildman–Crippen LogP) is 1.90. The highest BCUT2D eigenvalue weighted by atomic mass is 32.2. The Morgan fingerprint density at radius 3 is 2.57 bits per heavy atom. The number of likely N-dealkylation sites (tertiary alicyclic amines) is 1. The number of sulfonamides is 1. The van der Waals surface area contributed by atoms with Crippen molar-refractivity contribution in [1.29, 1.82) is 0 Å². The Kier molecular flexibility index (Phi) is 5.27. The van der Waals surface area contributed by atoms with Crippen molar-refractivity contribution >= 4 is 27.6 Å². The minimum Gasteiger partial charge on any atom is -0.496 e. The zero-order valence-corrected chi connectivity index (χ0v) is 15.7. The van der Waals surface area contributed by atoms with Crippen LogP contribution in [0, 0.1) is 5.82 Å². The van der Waals surface area contributed by atoms with Gasteiger partial charge in [0.15, 0.2) is 0 Å². The van der Waals surface area contributed by atoms with E-state index in [-0.39, 0.29) is 22.2 Å². The summed E-state index contributed by atoms with van der Waals surface area (Å²) in [5.74, 6) is -3.18. The van der Waals surface area contributed by atoms with Crippen molar-refractivity contribution in [1.82, 2.24) is 9.88 Å². The monoisotopic (exact) mass is 411 g/mol. The molecular formula is C17H18FN3O6S. The number of nitrogens with one attached hydrogen (secondary N) is 2. The molecule has 0 unspecified atom stereocenters. The third kappa shape index (κ3) is 3.65. The molecule has 150 valence electrons. The Bertz CT molecular complexity index is 1030. The maximum absolute atomic E-state index is 14.2. The van der Waals surface area contributed by atoms with Crippen LogP contribution in [0.25, 0.3) is 0 Å². The van der Waals surface area contributed by atoms with Gasteiger partial charge in [0.25, 0.3) is 15.9 Å². The fourth-order valence-corrected chi connectivity index (χ4v) is 4.05. The van der Waals surface area contributed by atoms with E-state index in [1.807, 2.05) is 4.72 Å². The molecule has 0 radical (unpaired) electrons. The number of aromatic carboxylic acids is 1. The topological polar surface area (TPSA) is 129 Å². The Labute approximate surface area is 160 Å². The molecule has 28 heavy (non-hydrogen) atoms. The van der Waals surface area contributed by atoms with Crippen molar-refractivity contribution in [3.05, 3.63) is 41.5 Å². The lowest BCUT2D eigenvalue weighted by Crippen LogP contribution is -2.27. The number of carbonyl (C=O) groups is 2. The summed E-state index contributed by atoms with van der Waals surface area (Å²) in [5, 5.41) is 9.33. The Hall–Kier alpha value is -3.08. The van der Waals surface area contributed by atoms with Crippen molar-refractivity contribution in [2.45, 2.75) is 17.7 Å². The van der Waals surface area contributed by atoms with Gasteiger partial charge < -0.3 is 19.7 Å². The van der Waals surface area contributed by atoms with Crippen molar-refractivity contribution in [2.24, 2.45) is 0 Å². The second-order valence-electron chi connectivity index (χ2n) is 6.16. The summed E-state index contributed by atoms with van der Waals surface area (Å²) >= 11 is 0. The number of aromatic amines is 1. The molecule has 1 aromatic heterocycles. The molecule has 1 fully saturated rings. The Balaban J connectivity index is 1.93. The summed E-state index contributed by atoms with van der Waals surface area (Å²) in [6.45, 7) is 1.18. The van der Waals surface area contributed by atoms with Crippen LogP contribution in [0.2, 0.25) is 0 Å². The highest BCUT2D eigenvalue weighted by molar-refractivity contribution is 7.92. The summed E-state index contributed by atoms with van der Waals surface area (Å²) < 4.78 is 46.3. The number of halogens is 1. The molecule has 1 amide bonds. The lowest BCUT2D eigenvalue weighted by molar-refractivity contribution is 0.0693. The smallest absolute Gasteiger partial charge is 0.341 e. The number of nitrogens with zero attached hydrogens (tertiary/aromatic N) is 1. The zero-order valence-electron chi connectivity index (χ0n) is 14.9. The molecule has 3 rings (SSSR count). The van der Waals surface area contributed by atoms with Crippen molar-refractivity contribution in [3.63, 3.8) is 0 Å². The summed E-state index contributed by atoms with van der Waals surface area (Å²) in [7, 11) is -3.18. The van der Waals surface area contributed by atoms with E-state index in [0.717, 1.165) is 37.2 Å². The van der Waals surface area contributed by atoms with E-state index in [9.17, 15) is 27.5 Å². The van der Waals surface area contributed by atoms with E-state index in [1.54, 1.807) is 4.90 Å². The van der Waals surface area contributed by atoms with E-state index in [4.69, 9.17) is 4.74 Å². The molecule has 1 aliphatic rings. The number of carboxylic acid groups (broad SMARTS) is 1. The average molecular weight is 411 g/mol. The SMILES string of the molecule is COc1ccc(F)c(NS(=O)(=O)c2c[nH]c(C(=O)N3CCCC3)c2)c1C(=O)O. The van der Waals surface area contributed by atoms with Gasteiger partial charge in [-0.3, -0.25) is 9.52 Å². The number of rotatable bonds is 6. The van der Waals surface area contributed by atoms with E-state index in [0.29, 0.717) is 13.1 Å². The van der Waals surface area contributed by atoms with Gasteiger partial charge in [-0.05, 0) is 31.0 Å². The Morgan fingerprint density at radius 2 is 1.96 bits per heavy atom. The average Bonchev–Trinajstić information content (AvgIpc) is 3.34. The molecule has 2 heterocycles. The highest BCUT2D eigenvalue weighted by Crippen LogP contribution is 2.31. The van der Waals surface area contributed by atoms with Crippen LogP contribution in [0.4, 0.5) is 10.1 Å². The molecule has 0 spiro atoms. The van der Waals surface area contributed by atoms with E-state index in [2.05, 4.69) is 4.98 Å². The number of anilines is 1. The first-order valence-corrected chi connectivity index (χ1v) is 9.83. The van der Waals surface area contributed by atoms with Crippen LogP contribution in [0.15, 0.2) is 29.3 Å². The molecule has 0 atom stereocenters. The standard InChI is InChI=1S/C17H18FN3O6S/c1-27-13-5-4-11(18)15(14(13)17(23)24)20-28(25,26)10-8-12(19-9-10)16(22)21-6-2-3-7-21/h4-5,8-9,19-20H,2-3,6-7H2,1H3,(H,23,24). The minimum absolute atomic E-state index is 0.0758. The predicted molar refractivity (Wildman–Crippen MR) is 96.7 cm³/mol. The van der Waals surface area contributed by atoms with Crippen molar-refractivity contribution in [2.75, 3.05) is 24.9 Å². The third-order valence-corrected chi connectivity index (χ3v) is 5.71. The summed E-state index contributed by atoms with van der Waals surface area (Å²) in [5.41, 5.74) is -1.33. The van der Waals surface area contributed by atoms with Crippen molar-refractivity contribution in [3.8, 4) is 5.75 Å². The van der Waals surface area contributed by atoms with E-state index < -0.39 is 33.1 Å². The number of H-pyrrole nitrogens is 1. The van der Waals surface area contributed by atoms with Crippen LogP contribution in [-0.4, -0.2) is 55.5 Å². The minimum atomic E-state index is -4.36. The van der Waals surface area contributed by atoms with Gasteiger partial charge in [0.1, 0.15) is 33.4 Å². The van der Waals surface area contributed by atoms with Gasteiger partial charge in [0.2, 0.25) is 0 Å². The number of carbonyl (C=O) groups excluding carboxylic acids is 1. The fraction of sp³-hybridized carbons (Fsp3) is 0.294. The first kappa shape index (κ1) is 19.7. The Morgan fingerprint density at radius 1 is 1.29 bits per heavy atom. The van der Waals surface area contributed by atoms with Gasteiger partial charge >= 0.3 is 5.97 Å². The molecule has 1 saturated heterocycles. The molecule has 3 N–H and O–H groups in total. The first-order valence-electron chi connectivity index (χ1n) is 8.35. The van der Waals surface area contributed by atoms with Gasteiger partial charge in [0, 0.05) is 19.3 Å². The third-order valence-electron chi connectivity index (χ3n) is 4.38. The maximum Gasteiger partial charge on any atom is 0.341 e. The molecule has 1 aliphatic heterocycles. The number of aromatic nitrogens is 1. The van der Waals surface area contributed by atoms with Crippen LogP contribution in [0.5, 0.6) is 5.75 Å². The van der Waals surface area contributed by atoms with Gasteiger partial charge in [-0.1, -0.05) is 0 Å². The number of carboxylic acids is 1. The number of benzene rings is 1. The largest absolute Gasteiger partial charge is 0.496 e. The van der Waals surface area contributed by atoms with Gasteiger partial charge in [-0.2, -0.15) is 0 Å². The number of amides is 1. The number of methoxy groups -OCH3 is 1. The van der Waals surface area contributed by atoms with Crippen LogP contribution in [0.3, 0.4) is 0 Å². The normalized spacial score (nSPS) is 14.1. The molecule has 11 heteroatoms. The number of ether oxygens (including phenoxy) is 1. The number of hydrogen-bond acceptors (Lipinski definition) is 5. The van der Waals surface area contributed by atoms with Gasteiger partial charge in [-0.15, -0.1) is 0 Å².